The van der Waals surface area contributed by atoms with Crippen molar-refractivity contribution in [1.29, 1.82) is 0 Å². The predicted molar refractivity (Wildman–Crippen MR) is 78.4 cm³/mol. The molecule has 4 nitrogen and oxygen atoms in total. The number of thiophene rings is 1. The van der Waals surface area contributed by atoms with E-state index in [2.05, 4.69) is 4.74 Å². The van der Waals surface area contributed by atoms with Crippen molar-refractivity contribution < 1.29 is 19.1 Å². The first-order valence-corrected chi connectivity index (χ1v) is 7.39. The Morgan fingerprint density at radius 1 is 1.19 bits per heavy atom. The predicted octanol–water partition coefficient (Wildman–Crippen LogP) is 2.72. The molecule has 0 saturated carbocycles. The third kappa shape index (κ3) is 2.89. The Morgan fingerprint density at radius 3 is 2.81 bits per heavy atom. The van der Waals surface area contributed by atoms with E-state index in [1.807, 2.05) is 18.2 Å². The molecule has 2 aromatic rings. The molecule has 1 aromatic carbocycles. The summed E-state index contributed by atoms with van der Waals surface area (Å²) >= 11 is 1.33. The largest absolute Gasteiger partial charge is 0.469 e. The minimum absolute atomic E-state index is 0.0224. The Balaban J connectivity index is 1.80. The Labute approximate surface area is 126 Å². The lowest BCUT2D eigenvalue weighted by Crippen LogP contribution is -2.02. The smallest absolute Gasteiger partial charge is 0.310 e. The monoisotopic (exact) mass is 302 g/mol. The summed E-state index contributed by atoms with van der Waals surface area (Å²) in [6.07, 6.45) is 0.201. The molecule has 0 unspecified atom stereocenters. The average molecular weight is 302 g/mol. The summed E-state index contributed by atoms with van der Waals surface area (Å²) in [5.41, 5.74) is 2.88. The molecule has 5 heteroatoms. The molecule has 0 radical (unpaired) electrons. The van der Waals surface area contributed by atoms with Crippen LogP contribution < -0.4 is 0 Å². The van der Waals surface area contributed by atoms with Crippen LogP contribution in [0.25, 0.3) is 0 Å². The van der Waals surface area contributed by atoms with Crippen molar-refractivity contribution in [3.63, 3.8) is 0 Å². The molecule has 1 aliphatic rings. The van der Waals surface area contributed by atoms with E-state index in [0.29, 0.717) is 23.7 Å². The highest BCUT2D eigenvalue weighted by atomic mass is 32.1. The Hall–Kier alpha value is -1.98. The fraction of sp³-hybridized carbons (Fsp3) is 0.250. The zero-order chi connectivity index (χ0) is 14.8. The molecule has 0 fully saturated rings. The molecule has 0 spiro atoms. The van der Waals surface area contributed by atoms with E-state index in [9.17, 15) is 9.59 Å². The van der Waals surface area contributed by atoms with Crippen LogP contribution in [-0.4, -0.2) is 18.9 Å². The summed E-state index contributed by atoms with van der Waals surface area (Å²) in [6.45, 7) is 1.18. The maximum atomic E-state index is 12.5. The maximum Gasteiger partial charge on any atom is 0.310 e. The number of hydrogen-bond acceptors (Lipinski definition) is 5. The zero-order valence-electron chi connectivity index (χ0n) is 11.5. The lowest BCUT2D eigenvalue weighted by molar-refractivity contribution is -0.139. The van der Waals surface area contributed by atoms with Gasteiger partial charge in [0.1, 0.15) is 0 Å². The molecular weight excluding hydrogens is 288 g/mol. The number of fused-ring (bicyclic) bond motifs is 1. The van der Waals surface area contributed by atoms with E-state index in [1.165, 1.54) is 18.4 Å². The van der Waals surface area contributed by atoms with Gasteiger partial charge in [-0.1, -0.05) is 12.1 Å². The highest BCUT2D eigenvalue weighted by molar-refractivity contribution is 7.14. The highest BCUT2D eigenvalue weighted by Crippen LogP contribution is 2.25. The lowest BCUT2D eigenvalue weighted by Gasteiger charge is -2.01. The summed E-state index contributed by atoms with van der Waals surface area (Å²) in [5, 5.41) is 0. The standard InChI is InChI=1S/C16H14O4S/c1-19-15(17)7-13-4-5-14(21-13)16(18)10-2-3-11-8-20-9-12(11)6-10/h2-6H,7-9H2,1H3. The second-order valence-corrected chi connectivity index (χ2v) is 5.99. The molecular formula is C16H14O4S. The van der Waals surface area contributed by atoms with Crippen molar-refractivity contribution in [3.8, 4) is 0 Å². The summed E-state index contributed by atoms with van der Waals surface area (Å²) < 4.78 is 9.98. The topological polar surface area (TPSA) is 52.6 Å². The van der Waals surface area contributed by atoms with Gasteiger partial charge in [0.25, 0.3) is 0 Å². The minimum atomic E-state index is -0.300. The Kier molecular flexibility index (Phi) is 3.86. The number of ketones is 1. The van der Waals surface area contributed by atoms with Crippen molar-refractivity contribution in [1.82, 2.24) is 0 Å². The quantitative estimate of drug-likeness (QED) is 0.643. The van der Waals surface area contributed by atoms with Crippen LogP contribution in [0.4, 0.5) is 0 Å². The van der Waals surface area contributed by atoms with Gasteiger partial charge in [0.05, 0.1) is 31.6 Å². The molecule has 3 rings (SSSR count). The Bertz CT molecular complexity index is 702. The van der Waals surface area contributed by atoms with Crippen LogP contribution >= 0.6 is 11.3 Å². The number of hydrogen-bond donors (Lipinski definition) is 0. The van der Waals surface area contributed by atoms with Gasteiger partial charge in [-0.2, -0.15) is 0 Å². The fourth-order valence-corrected chi connectivity index (χ4v) is 3.22. The van der Waals surface area contributed by atoms with Gasteiger partial charge in [0.2, 0.25) is 5.78 Å². The van der Waals surface area contributed by atoms with Crippen molar-refractivity contribution in [2.45, 2.75) is 19.6 Å². The van der Waals surface area contributed by atoms with E-state index in [0.717, 1.165) is 16.0 Å². The van der Waals surface area contributed by atoms with E-state index < -0.39 is 0 Å². The number of ether oxygens (including phenoxy) is 2. The van der Waals surface area contributed by atoms with Gasteiger partial charge in [-0.15, -0.1) is 11.3 Å². The summed E-state index contributed by atoms with van der Waals surface area (Å²) in [6, 6.07) is 9.22. The molecule has 1 aliphatic heterocycles. The second-order valence-electron chi connectivity index (χ2n) is 4.82. The molecule has 21 heavy (non-hydrogen) atoms. The van der Waals surface area contributed by atoms with Gasteiger partial charge in [-0.3, -0.25) is 9.59 Å². The minimum Gasteiger partial charge on any atom is -0.469 e. The first-order valence-electron chi connectivity index (χ1n) is 6.57. The zero-order valence-corrected chi connectivity index (χ0v) is 12.4. The van der Waals surface area contributed by atoms with Gasteiger partial charge in [-0.05, 0) is 29.3 Å². The summed E-state index contributed by atoms with van der Waals surface area (Å²) in [4.78, 5) is 25.2. The van der Waals surface area contributed by atoms with Crippen LogP contribution in [0, 0.1) is 0 Å². The van der Waals surface area contributed by atoms with Crippen molar-refractivity contribution in [2.75, 3.05) is 7.11 Å². The van der Waals surface area contributed by atoms with Crippen LogP contribution in [0.5, 0.6) is 0 Å². The van der Waals surface area contributed by atoms with Gasteiger partial charge in [0.15, 0.2) is 0 Å². The van der Waals surface area contributed by atoms with E-state index in [4.69, 9.17) is 4.74 Å². The Morgan fingerprint density at radius 2 is 2.00 bits per heavy atom. The number of carbonyl (C=O) groups is 2. The molecule has 0 saturated heterocycles. The third-order valence-electron chi connectivity index (χ3n) is 3.42. The molecule has 2 heterocycles. The molecule has 1 aromatic heterocycles. The molecule has 0 bridgehead atoms. The number of benzene rings is 1. The van der Waals surface area contributed by atoms with Crippen LogP contribution in [0.15, 0.2) is 30.3 Å². The number of methoxy groups -OCH3 is 1. The number of esters is 1. The molecule has 0 amide bonds. The van der Waals surface area contributed by atoms with E-state index in [-0.39, 0.29) is 18.2 Å². The van der Waals surface area contributed by atoms with Crippen LogP contribution in [0.2, 0.25) is 0 Å². The van der Waals surface area contributed by atoms with Crippen LogP contribution in [-0.2, 0) is 33.9 Å². The van der Waals surface area contributed by atoms with Crippen molar-refractivity contribution in [2.24, 2.45) is 0 Å². The molecule has 0 N–H and O–H groups in total. The second kappa shape index (κ2) is 5.79. The van der Waals surface area contributed by atoms with E-state index >= 15 is 0 Å². The number of rotatable bonds is 4. The highest BCUT2D eigenvalue weighted by Gasteiger charge is 2.17. The van der Waals surface area contributed by atoms with Crippen molar-refractivity contribution >= 4 is 23.1 Å². The van der Waals surface area contributed by atoms with Gasteiger partial charge in [0, 0.05) is 10.4 Å². The van der Waals surface area contributed by atoms with Gasteiger partial charge >= 0.3 is 5.97 Å². The SMILES string of the molecule is COC(=O)Cc1ccc(C(=O)c2ccc3c(c2)COC3)s1. The molecule has 0 atom stereocenters. The lowest BCUT2D eigenvalue weighted by atomic mass is 10.0. The molecule has 0 aliphatic carbocycles. The normalized spacial score (nSPS) is 13.0. The summed E-state index contributed by atoms with van der Waals surface area (Å²) in [7, 11) is 1.36. The van der Waals surface area contributed by atoms with Crippen LogP contribution in [0.1, 0.15) is 31.2 Å². The van der Waals surface area contributed by atoms with Crippen molar-refractivity contribution in [3.05, 3.63) is 56.8 Å². The first-order chi connectivity index (χ1) is 10.2. The van der Waals surface area contributed by atoms with Crippen LogP contribution in [0.3, 0.4) is 0 Å². The van der Waals surface area contributed by atoms with E-state index in [1.54, 1.807) is 12.1 Å². The maximum absolute atomic E-state index is 12.5. The number of carbonyl (C=O) groups excluding carboxylic acids is 2. The average Bonchev–Trinajstić information content (AvgIpc) is 3.14. The third-order valence-corrected chi connectivity index (χ3v) is 4.50. The van der Waals surface area contributed by atoms with Gasteiger partial charge < -0.3 is 9.47 Å². The fourth-order valence-electron chi connectivity index (χ4n) is 2.26. The first kappa shape index (κ1) is 14.0. The molecule has 108 valence electrons. The van der Waals surface area contributed by atoms with Gasteiger partial charge in [-0.25, -0.2) is 0 Å². The summed E-state index contributed by atoms with van der Waals surface area (Å²) in [5.74, 6) is -0.323.